The Morgan fingerprint density at radius 1 is 1.16 bits per heavy atom. The van der Waals surface area contributed by atoms with Gasteiger partial charge in [0.05, 0.1) is 11.9 Å². The summed E-state index contributed by atoms with van der Waals surface area (Å²) < 4.78 is 29.6. The Kier molecular flexibility index (Phi) is 6.03. The van der Waals surface area contributed by atoms with Crippen LogP contribution < -0.4 is 14.4 Å². The minimum absolute atomic E-state index is 0.104. The van der Waals surface area contributed by atoms with Crippen molar-refractivity contribution in [2.45, 2.75) is 13.5 Å². The topological polar surface area (TPSA) is 75.7 Å². The van der Waals surface area contributed by atoms with Gasteiger partial charge in [-0.2, -0.15) is 0 Å². The molecule has 0 spiro atoms. The molecule has 7 heteroatoms. The van der Waals surface area contributed by atoms with Crippen LogP contribution in [0.3, 0.4) is 0 Å². The number of ether oxygens (including phenoxy) is 1. The average Bonchev–Trinajstić information content (AvgIpc) is 2.57. The normalized spacial score (nSPS) is 11.0. The molecule has 25 heavy (non-hydrogen) atoms. The highest BCUT2D eigenvalue weighted by Crippen LogP contribution is 2.20. The van der Waals surface area contributed by atoms with Crippen molar-refractivity contribution in [1.82, 2.24) is 5.32 Å². The van der Waals surface area contributed by atoms with Crippen LogP contribution in [0.1, 0.15) is 11.1 Å². The van der Waals surface area contributed by atoms with Crippen molar-refractivity contribution in [3.63, 3.8) is 0 Å². The van der Waals surface area contributed by atoms with Gasteiger partial charge in [0.1, 0.15) is 5.75 Å². The molecule has 0 heterocycles. The Morgan fingerprint density at radius 2 is 1.84 bits per heavy atom. The Bertz CT molecular complexity index is 832. The monoisotopic (exact) mass is 362 g/mol. The lowest BCUT2D eigenvalue weighted by atomic mass is 10.1. The van der Waals surface area contributed by atoms with Crippen LogP contribution in [0.5, 0.6) is 5.75 Å². The maximum absolute atomic E-state index is 11.9. The van der Waals surface area contributed by atoms with Crippen molar-refractivity contribution in [2.24, 2.45) is 0 Å². The van der Waals surface area contributed by atoms with Crippen LogP contribution in [0, 0.1) is 6.92 Å². The number of nitrogens with one attached hydrogen (secondary N) is 1. The number of hydrogen-bond acceptors (Lipinski definition) is 4. The lowest BCUT2D eigenvalue weighted by Gasteiger charge is -2.16. The summed E-state index contributed by atoms with van der Waals surface area (Å²) in [4.78, 5) is 11.9. The number of rotatable bonds is 7. The fourth-order valence-corrected chi connectivity index (χ4v) is 2.67. The maximum atomic E-state index is 11.9. The van der Waals surface area contributed by atoms with Crippen LogP contribution >= 0.6 is 0 Å². The Hall–Kier alpha value is -2.54. The van der Waals surface area contributed by atoms with Gasteiger partial charge in [-0.3, -0.25) is 9.10 Å². The summed E-state index contributed by atoms with van der Waals surface area (Å²) in [7, 11) is -1.83. The molecular weight excluding hydrogens is 340 g/mol. The standard InChI is InChI=1S/C18H22N2O4S/c1-14-5-4-6-15(11-14)12-19-18(21)13-24-17-9-7-16(8-10-17)20(2)25(3,22)23/h4-11H,12-13H2,1-3H3,(H,19,21). The van der Waals surface area contributed by atoms with Crippen molar-refractivity contribution >= 4 is 21.6 Å². The molecule has 0 unspecified atom stereocenters. The maximum Gasteiger partial charge on any atom is 0.258 e. The van der Waals surface area contributed by atoms with E-state index >= 15 is 0 Å². The molecule has 0 saturated carbocycles. The number of anilines is 1. The molecule has 1 amide bonds. The summed E-state index contributed by atoms with van der Waals surface area (Å²) in [5, 5.41) is 2.79. The van der Waals surface area contributed by atoms with E-state index < -0.39 is 10.0 Å². The first-order valence-electron chi connectivity index (χ1n) is 7.75. The Morgan fingerprint density at radius 3 is 2.44 bits per heavy atom. The number of aryl methyl sites for hydroxylation is 1. The predicted octanol–water partition coefficient (Wildman–Crippen LogP) is 2.09. The summed E-state index contributed by atoms with van der Waals surface area (Å²) in [6.07, 6.45) is 1.13. The van der Waals surface area contributed by atoms with E-state index in [2.05, 4.69) is 5.32 Å². The third-order valence-corrected chi connectivity index (χ3v) is 4.85. The smallest absolute Gasteiger partial charge is 0.258 e. The van der Waals surface area contributed by atoms with E-state index in [9.17, 15) is 13.2 Å². The summed E-state index contributed by atoms with van der Waals surface area (Å²) >= 11 is 0. The van der Waals surface area contributed by atoms with Crippen LogP contribution in [0.4, 0.5) is 5.69 Å². The van der Waals surface area contributed by atoms with Crippen LogP contribution in [0.25, 0.3) is 0 Å². The summed E-state index contributed by atoms with van der Waals surface area (Å²) in [5.74, 6) is 0.273. The Balaban J connectivity index is 1.83. The predicted molar refractivity (Wildman–Crippen MR) is 98.2 cm³/mol. The highest BCUT2D eigenvalue weighted by Gasteiger charge is 2.11. The second-order valence-electron chi connectivity index (χ2n) is 5.78. The molecule has 2 aromatic rings. The molecule has 0 saturated heterocycles. The van der Waals surface area contributed by atoms with E-state index in [1.807, 2.05) is 31.2 Å². The summed E-state index contributed by atoms with van der Waals surface area (Å²) in [6, 6.07) is 14.4. The van der Waals surface area contributed by atoms with E-state index in [4.69, 9.17) is 4.74 Å². The fraction of sp³-hybridized carbons (Fsp3) is 0.278. The molecule has 0 aliphatic heterocycles. The van der Waals surface area contributed by atoms with E-state index in [1.165, 1.54) is 11.4 Å². The first kappa shape index (κ1) is 18.8. The zero-order chi connectivity index (χ0) is 18.4. The van der Waals surface area contributed by atoms with Gasteiger partial charge in [0.25, 0.3) is 5.91 Å². The average molecular weight is 362 g/mol. The van der Waals surface area contributed by atoms with Crippen LogP contribution in [-0.4, -0.2) is 34.2 Å². The molecule has 2 rings (SSSR count). The number of hydrogen-bond donors (Lipinski definition) is 1. The molecule has 2 aromatic carbocycles. The van der Waals surface area contributed by atoms with Crippen molar-refractivity contribution in [3.05, 3.63) is 59.7 Å². The van der Waals surface area contributed by atoms with Gasteiger partial charge in [-0.05, 0) is 36.8 Å². The molecule has 0 atom stereocenters. The number of benzene rings is 2. The second-order valence-corrected chi connectivity index (χ2v) is 7.79. The molecule has 1 N–H and O–H groups in total. The van der Waals surface area contributed by atoms with Crippen molar-refractivity contribution in [1.29, 1.82) is 0 Å². The molecular formula is C18H22N2O4S. The molecule has 0 aliphatic rings. The van der Waals surface area contributed by atoms with E-state index in [0.717, 1.165) is 17.4 Å². The molecule has 6 nitrogen and oxygen atoms in total. The van der Waals surface area contributed by atoms with E-state index in [0.29, 0.717) is 18.0 Å². The fourth-order valence-electron chi connectivity index (χ4n) is 2.17. The van der Waals surface area contributed by atoms with Gasteiger partial charge < -0.3 is 10.1 Å². The van der Waals surface area contributed by atoms with Gasteiger partial charge in [0.15, 0.2) is 6.61 Å². The highest BCUT2D eigenvalue weighted by atomic mass is 32.2. The third kappa shape index (κ3) is 5.79. The van der Waals surface area contributed by atoms with Gasteiger partial charge >= 0.3 is 0 Å². The zero-order valence-corrected chi connectivity index (χ0v) is 15.3. The number of carbonyl (C=O) groups is 1. The van der Waals surface area contributed by atoms with Crippen LogP contribution in [0.2, 0.25) is 0 Å². The van der Waals surface area contributed by atoms with Crippen molar-refractivity contribution < 1.29 is 17.9 Å². The number of carbonyl (C=O) groups excluding carboxylic acids is 1. The minimum Gasteiger partial charge on any atom is -0.484 e. The Labute approximate surface area is 148 Å². The lowest BCUT2D eigenvalue weighted by molar-refractivity contribution is -0.123. The third-order valence-electron chi connectivity index (χ3n) is 3.64. The van der Waals surface area contributed by atoms with Gasteiger partial charge in [-0.15, -0.1) is 0 Å². The van der Waals surface area contributed by atoms with Crippen LogP contribution in [-0.2, 0) is 21.4 Å². The number of sulfonamides is 1. The van der Waals surface area contributed by atoms with Gasteiger partial charge in [0, 0.05) is 13.6 Å². The number of nitrogens with zero attached hydrogens (tertiary/aromatic N) is 1. The first-order valence-corrected chi connectivity index (χ1v) is 9.59. The number of amides is 1. The molecule has 0 aliphatic carbocycles. The van der Waals surface area contributed by atoms with Crippen LogP contribution in [0.15, 0.2) is 48.5 Å². The molecule has 0 radical (unpaired) electrons. The minimum atomic E-state index is -3.30. The summed E-state index contributed by atoms with van der Waals surface area (Å²) in [6.45, 7) is 2.34. The summed E-state index contributed by atoms with van der Waals surface area (Å²) in [5.41, 5.74) is 2.70. The quantitative estimate of drug-likeness (QED) is 0.818. The molecule has 0 fully saturated rings. The molecule has 0 bridgehead atoms. The molecule has 0 aromatic heterocycles. The second kappa shape index (κ2) is 8.02. The van der Waals surface area contributed by atoms with Crippen molar-refractivity contribution in [3.8, 4) is 5.75 Å². The molecule has 134 valence electrons. The van der Waals surface area contributed by atoms with Gasteiger partial charge in [-0.25, -0.2) is 8.42 Å². The largest absolute Gasteiger partial charge is 0.484 e. The highest BCUT2D eigenvalue weighted by molar-refractivity contribution is 7.92. The zero-order valence-electron chi connectivity index (χ0n) is 14.5. The SMILES string of the molecule is Cc1cccc(CNC(=O)COc2ccc(N(C)S(C)(=O)=O)cc2)c1. The van der Waals surface area contributed by atoms with Gasteiger partial charge in [0.2, 0.25) is 10.0 Å². The van der Waals surface area contributed by atoms with E-state index in [-0.39, 0.29) is 12.5 Å². The van der Waals surface area contributed by atoms with Gasteiger partial charge in [-0.1, -0.05) is 29.8 Å². The van der Waals surface area contributed by atoms with Crippen molar-refractivity contribution in [2.75, 3.05) is 24.2 Å². The lowest BCUT2D eigenvalue weighted by Crippen LogP contribution is -2.28. The van der Waals surface area contributed by atoms with E-state index in [1.54, 1.807) is 24.3 Å². The first-order chi connectivity index (χ1) is 11.8.